The number of carboxylic acids is 1. The maximum absolute atomic E-state index is 13.0. The van der Waals surface area contributed by atoms with Gasteiger partial charge >= 0.3 is 11.9 Å². The number of nitrogens with one attached hydrogen (secondary N) is 2. The predicted octanol–water partition coefficient (Wildman–Crippen LogP) is 2.79. The first-order valence-electron chi connectivity index (χ1n) is 11.9. The van der Waals surface area contributed by atoms with Crippen LogP contribution >= 0.6 is 0 Å². The SMILES string of the molecule is CCOC(=O)[C@H](Cc1ccccc1)NC(=O)[C@H](CC(=O)O)NCCC(C)(C)c1ccc(OC)c(O)c1. The number of hydrogen-bond acceptors (Lipinski definition) is 7. The lowest BCUT2D eigenvalue weighted by Crippen LogP contribution is -2.52. The van der Waals surface area contributed by atoms with Crippen molar-refractivity contribution in [2.45, 2.75) is 57.5 Å². The number of rotatable bonds is 14. The van der Waals surface area contributed by atoms with E-state index >= 15 is 0 Å². The zero-order chi connectivity index (χ0) is 26.7. The number of hydrogen-bond donors (Lipinski definition) is 4. The van der Waals surface area contributed by atoms with Crippen LogP contribution in [0.15, 0.2) is 48.5 Å². The lowest BCUT2D eigenvalue weighted by molar-refractivity contribution is -0.147. The molecule has 0 aromatic heterocycles. The molecular formula is C27H36N2O7. The van der Waals surface area contributed by atoms with Gasteiger partial charge in [-0.05, 0) is 48.6 Å². The first-order valence-corrected chi connectivity index (χ1v) is 11.9. The molecule has 0 aliphatic heterocycles. The second kappa shape index (κ2) is 13.5. The monoisotopic (exact) mass is 500 g/mol. The van der Waals surface area contributed by atoms with Gasteiger partial charge < -0.3 is 30.3 Å². The Morgan fingerprint density at radius 3 is 2.33 bits per heavy atom. The number of methoxy groups -OCH3 is 1. The molecule has 0 saturated carbocycles. The second-order valence-corrected chi connectivity index (χ2v) is 9.13. The fraction of sp³-hybridized carbons (Fsp3) is 0.444. The molecule has 2 aromatic carbocycles. The van der Waals surface area contributed by atoms with E-state index < -0.39 is 36.4 Å². The summed E-state index contributed by atoms with van der Waals surface area (Å²) in [7, 11) is 1.48. The van der Waals surface area contributed by atoms with Gasteiger partial charge in [0.1, 0.15) is 6.04 Å². The van der Waals surface area contributed by atoms with Crippen LogP contribution in [-0.2, 0) is 31.0 Å². The molecule has 0 fully saturated rings. The number of phenolic OH excluding ortho intramolecular Hbond substituents is 1. The molecule has 0 unspecified atom stereocenters. The predicted molar refractivity (Wildman–Crippen MR) is 135 cm³/mol. The molecule has 0 heterocycles. The topological polar surface area (TPSA) is 134 Å². The van der Waals surface area contributed by atoms with E-state index in [1.165, 1.54) is 7.11 Å². The molecule has 9 nitrogen and oxygen atoms in total. The fourth-order valence-corrected chi connectivity index (χ4v) is 3.80. The average Bonchev–Trinajstić information content (AvgIpc) is 2.83. The molecular weight excluding hydrogens is 464 g/mol. The number of phenols is 1. The number of carboxylic acid groups (broad SMARTS) is 1. The number of benzene rings is 2. The van der Waals surface area contributed by atoms with Crippen molar-refractivity contribution in [3.05, 3.63) is 59.7 Å². The Morgan fingerprint density at radius 1 is 1.06 bits per heavy atom. The number of esters is 1. The lowest BCUT2D eigenvalue weighted by Gasteiger charge is -2.27. The van der Waals surface area contributed by atoms with Gasteiger partial charge in [-0.15, -0.1) is 0 Å². The normalized spacial score (nSPS) is 12.9. The van der Waals surface area contributed by atoms with Gasteiger partial charge in [0, 0.05) is 6.42 Å². The minimum absolute atomic E-state index is 0.0302. The van der Waals surface area contributed by atoms with Gasteiger partial charge in [-0.25, -0.2) is 4.79 Å². The van der Waals surface area contributed by atoms with E-state index in [1.54, 1.807) is 19.1 Å². The Labute approximate surface area is 211 Å². The lowest BCUT2D eigenvalue weighted by atomic mass is 9.81. The van der Waals surface area contributed by atoms with Crippen LogP contribution in [0.25, 0.3) is 0 Å². The summed E-state index contributed by atoms with van der Waals surface area (Å²) in [5.41, 5.74) is 1.32. The van der Waals surface area contributed by atoms with E-state index in [0.717, 1.165) is 11.1 Å². The van der Waals surface area contributed by atoms with Gasteiger partial charge in [0.25, 0.3) is 0 Å². The highest BCUT2D eigenvalue weighted by Gasteiger charge is 2.29. The van der Waals surface area contributed by atoms with Crippen LogP contribution in [0, 0.1) is 0 Å². The van der Waals surface area contributed by atoms with Crippen molar-refractivity contribution in [3.8, 4) is 11.5 Å². The third-order valence-electron chi connectivity index (χ3n) is 5.97. The Kier molecular flexibility index (Phi) is 10.7. The third kappa shape index (κ3) is 8.57. The van der Waals surface area contributed by atoms with Crippen LogP contribution < -0.4 is 15.4 Å². The van der Waals surface area contributed by atoms with Crippen LogP contribution in [0.2, 0.25) is 0 Å². The van der Waals surface area contributed by atoms with Gasteiger partial charge in [-0.1, -0.05) is 50.2 Å². The van der Waals surface area contributed by atoms with E-state index in [0.29, 0.717) is 18.7 Å². The zero-order valence-corrected chi connectivity index (χ0v) is 21.2. The highest BCUT2D eigenvalue weighted by Crippen LogP contribution is 2.34. The molecule has 9 heteroatoms. The zero-order valence-electron chi connectivity index (χ0n) is 21.2. The summed E-state index contributed by atoms with van der Waals surface area (Å²) in [6, 6.07) is 12.4. The van der Waals surface area contributed by atoms with Crippen molar-refractivity contribution in [3.63, 3.8) is 0 Å². The van der Waals surface area contributed by atoms with Crippen molar-refractivity contribution < 1.29 is 34.1 Å². The summed E-state index contributed by atoms with van der Waals surface area (Å²) in [4.78, 5) is 37.0. The number of ether oxygens (including phenoxy) is 2. The maximum atomic E-state index is 13.0. The van der Waals surface area contributed by atoms with Crippen LogP contribution in [0.1, 0.15) is 44.7 Å². The number of carbonyl (C=O) groups is 3. The maximum Gasteiger partial charge on any atom is 0.328 e. The number of carbonyl (C=O) groups excluding carboxylic acids is 2. The van der Waals surface area contributed by atoms with Crippen LogP contribution in [-0.4, -0.2) is 60.4 Å². The molecule has 0 bridgehead atoms. The molecule has 2 aromatic rings. The Bertz CT molecular complexity index is 1020. The largest absolute Gasteiger partial charge is 0.504 e. The standard InChI is InChI=1S/C27H36N2O7/c1-5-36-26(34)21(15-18-9-7-6-8-10-18)29-25(33)20(17-24(31)32)28-14-13-27(2,3)19-11-12-23(35-4)22(30)16-19/h6-12,16,20-21,28,30H,5,13-15,17H2,1-4H3,(H,29,33)(H,31,32)/t20-,21-/m0/s1. The minimum atomic E-state index is -1.14. The highest BCUT2D eigenvalue weighted by molar-refractivity contribution is 5.90. The first-order chi connectivity index (χ1) is 17.1. The summed E-state index contributed by atoms with van der Waals surface area (Å²) in [6.45, 7) is 6.14. The minimum Gasteiger partial charge on any atom is -0.504 e. The van der Waals surface area contributed by atoms with Crippen LogP contribution in [0.3, 0.4) is 0 Å². The van der Waals surface area contributed by atoms with E-state index in [-0.39, 0.29) is 24.2 Å². The Morgan fingerprint density at radius 2 is 1.75 bits per heavy atom. The van der Waals surface area contributed by atoms with Crippen molar-refractivity contribution in [1.82, 2.24) is 10.6 Å². The summed E-state index contributed by atoms with van der Waals surface area (Å²) in [6.07, 6.45) is 0.323. The van der Waals surface area contributed by atoms with Crippen LogP contribution in [0.4, 0.5) is 0 Å². The van der Waals surface area contributed by atoms with E-state index in [9.17, 15) is 24.6 Å². The van der Waals surface area contributed by atoms with Gasteiger partial charge in [0.05, 0.1) is 26.2 Å². The van der Waals surface area contributed by atoms with Gasteiger partial charge in [0.2, 0.25) is 5.91 Å². The number of aromatic hydroxyl groups is 1. The van der Waals surface area contributed by atoms with E-state index in [1.807, 2.05) is 50.2 Å². The number of aliphatic carboxylic acids is 1. The van der Waals surface area contributed by atoms with Gasteiger partial charge in [-0.3, -0.25) is 9.59 Å². The quantitative estimate of drug-likeness (QED) is 0.291. The molecule has 196 valence electrons. The van der Waals surface area contributed by atoms with E-state index in [2.05, 4.69) is 10.6 Å². The smallest absolute Gasteiger partial charge is 0.328 e. The first kappa shape index (κ1) is 28.6. The molecule has 2 rings (SSSR count). The highest BCUT2D eigenvalue weighted by atomic mass is 16.5. The summed E-state index contributed by atoms with van der Waals surface area (Å²) >= 11 is 0. The molecule has 0 aliphatic carbocycles. The summed E-state index contributed by atoms with van der Waals surface area (Å²) in [5.74, 6) is -1.91. The van der Waals surface area contributed by atoms with Gasteiger partial charge in [0.15, 0.2) is 11.5 Å². The fourth-order valence-electron chi connectivity index (χ4n) is 3.80. The molecule has 36 heavy (non-hydrogen) atoms. The van der Waals surface area contributed by atoms with E-state index in [4.69, 9.17) is 9.47 Å². The molecule has 0 spiro atoms. The average molecular weight is 501 g/mol. The molecule has 0 aliphatic rings. The molecule has 2 atom stereocenters. The van der Waals surface area contributed by atoms with Crippen molar-refractivity contribution in [2.24, 2.45) is 0 Å². The van der Waals surface area contributed by atoms with Crippen molar-refractivity contribution in [1.29, 1.82) is 0 Å². The van der Waals surface area contributed by atoms with Gasteiger partial charge in [-0.2, -0.15) is 0 Å². The Balaban J connectivity index is 2.08. The third-order valence-corrected chi connectivity index (χ3v) is 5.97. The van der Waals surface area contributed by atoms with Crippen molar-refractivity contribution >= 4 is 17.8 Å². The molecule has 0 saturated heterocycles. The molecule has 0 radical (unpaired) electrons. The second-order valence-electron chi connectivity index (χ2n) is 9.13. The summed E-state index contributed by atoms with van der Waals surface area (Å²) < 4.78 is 10.2. The Hall–Kier alpha value is -3.59. The molecule has 1 amide bonds. The molecule has 4 N–H and O–H groups in total. The van der Waals surface area contributed by atoms with Crippen molar-refractivity contribution in [2.75, 3.05) is 20.3 Å². The van der Waals surface area contributed by atoms with Crippen LogP contribution in [0.5, 0.6) is 11.5 Å². The number of amides is 1. The summed E-state index contributed by atoms with van der Waals surface area (Å²) in [5, 5.41) is 25.2.